The standard InChI is InChI=1S/C7H8ClNO/c8-3-7-9-4-6(10-7)5-1-2-5/h4-5H,1-3H2. The molecule has 1 fully saturated rings. The SMILES string of the molecule is ClCc1ncc(C2CC2)o1. The van der Waals surface area contributed by atoms with Gasteiger partial charge in [0.15, 0.2) is 0 Å². The van der Waals surface area contributed by atoms with Gasteiger partial charge in [-0.2, -0.15) is 0 Å². The topological polar surface area (TPSA) is 26.0 Å². The van der Waals surface area contributed by atoms with Crippen molar-refractivity contribution in [3.63, 3.8) is 0 Å². The van der Waals surface area contributed by atoms with Crippen molar-refractivity contribution in [2.75, 3.05) is 0 Å². The van der Waals surface area contributed by atoms with Crippen LogP contribution in [0.3, 0.4) is 0 Å². The van der Waals surface area contributed by atoms with Crippen molar-refractivity contribution in [2.24, 2.45) is 0 Å². The summed E-state index contributed by atoms with van der Waals surface area (Å²) in [5.74, 6) is 2.68. The smallest absolute Gasteiger partial charge is 0.209 e. The van der Waals surface area contributed by atoms with Crippen molar-refractivity contribution in [3.8, 4) is 0 Å². The number of hydrogen-bond donors (Lipinski definition) is 0. The van der Waals surface area contributed by atoms with E-state index in [1.165, 1.54) is 12.8 Å². The summed E-state index contributed by atoms with van der Waals surface area (Å²) >= 11 is 5.51. The summed E-state index contributed by atoms with van der Waals surface area (Å²) in [6.07, 6.45) is 4.28. The largest absolute Gasteiger partial charge is 0.444 e. The summed E-state index contributed by atoms with van der Waals surface area (Å²) in [4.78, 5) is 4.00. The van der Waals surface area contributed by atoms with Crippen LogP contribution in [0.1, 0.15) is 30.4 Å². The number of rotatable bonds is 2. The van der Waals surface area contributed by atoms with Gasteiger partial charge in [-0.25, -0.2) is 4.98 Å². The molecule has 1 aromatic heterocycles. The molecule has 0 saturated heterocycles. The monoisotopic (exact) mass is 157 g/mol. The maximum Gasteiger partial charge on any atom is 0.209 e. The molecule has 0 aromatic carbocycles. The van der Waals surface area contributed by atoms with Crippen LogP contribution in [0.15, 0.2) is 10.6 Å². The minimum atomic E-state index is 0.382. The van der Waals surface area contributed by atoms with Gasteiger partial charge in [0, 0.05) is 5.92 Å². The molecule has 0 atom stereocenters. The van der Waals surface area contributed by atoms with Gasteiger partial charge in [0.25, 0.3) is 0 Å². The third-order valence-corrected chi connectivity index (χ3v) is 1.89. The lowest BCUT2D eigenvalue weighted by Gasteiger charge is -1.85. The highest BCUT2D eigenvalue weighted by atomic mass is 35.5. The fourth-order valence-corrected chi connectivity index (χ4v) is 1.07. The molecule has 3 heteroatoms. The van der Waals surface area contributed by atoms with Gasteiger partial charge in [-0.1, -0.05) is 0 Å². The van der Waals surface area contributed by atoms with Crippen molar-refractivity contribution in [1.82, 2.24) is 4.98 Å². The first-order chi connectivity index (χ1) is 4.90. The predicted octanol–water partition coefficient (Wildman–Crippen LogP) is 2.29. The second kappa shape index (κ2) is 2.27. The normalized spacial score (nSPS) is 17.7. The third-order valence-electron chi connectivity index (χ3n) is 1.67. The zero-order chi connectivity index (χ0) is 6.97. The molecule has 54 valence electrons. The highest BCUT2D eigenvalue weighted by Crippen LogP contribution is 2.40. The number of alkyl halides is 1. The molecular formula is C7H8ClNO. The maximum atomic E-state index is 5.51. The highest BCUT2D eigenvalue weighted by molar-refractivity contribution is 6.16. The summed E-state index contributed by atoms with van der Waals surface area (Å²) in [7, 11) is 0. The van der Waals surface area contributed by atoms with E-state index >= 15 is 0 Å². The van der Waals surface area contributed by atoms with E-state index in [-0.39, 0.29) is 0 Å². The molecule has 0 radical (unpaired) electrons. The Kier molecular flexibility index (Phi) is 1.42. The maximum absolute atomic E-state index is 5.51. The predicted molar refractivity (Wildman–Crippen MR) is 38.0 cm³/mol. The second-order valence-electron chi connectivity index (χ2n) is 2.56. The molecule has 2 rings (SSSR count). The van der Waals surface area contributed by atoms with Crippen molar-refractivity contribution in [2.45, 2.75) is 24.6 Å². The fraction of sp³-hybridized carbons (Fsp3) is 0.571. The molecule has 1 heterocycles. The first kappa shape index (κ1) is 6.23. The number of aromatic nitrogens is 1. The zero-order valence-electron chi connectivity index (χ0n) is 5.51. The van der Waals surface area contributed by atoms with E-state index in [2.05, 4.69) is 4.98 Å². The molecule has 0 spiro atoms. The van der Waals surface area contributed by atoms with Gasteiger partial charge in [0.1, 0.15) is 5.76 Å². The van der Waals surface area contributed by atoms with E-state index in [4.69, 9.17) is 16.0 Å². The average Bonchev–Trinajstić information content (AvgIpc) is 2.70. The second-order valence-corrected chi connectivity index (χ2v) is 2.83. The van der Waals surface area contributed by atoms with Gasteiger partial charge in [-0.05, 0) is 12.8 Å². The van der Waals surface area contributed by atoms with E-state index < -0.39 is 0 Å². The minimum Gasteiger partial charge on any atom is -0.444 e. The third kappa shape index (κ3) is 1.03. The van der Waals surface area contributed by atoms with Crippen LogP contribution in [-0.2, 0) is 5.88 Å². The fourth-order valence-electron chi connectivity index (χ4n) is 0.943. The van der Waals surface area contributed by atoms with Crippen molar-refractivity contribution in [1.29, 1.82) is 0 Å². The Labute approximate surface area is 64.2 Å². The molecule has 0 amide bonds. The first-order valence-corrected chi connectivity index (χ1v) is 3.94. The zero-order valence-corrected chi connectivity index (χ0v) is 6.27. The molecule has 0 aliphatic heterocycles. The van der Waals surface area contributed by atoms with Crippen molar-refractivity contribution in [3.05, 3.63) is 17.8 Å². The Morgan fingerprint density at radius 1 is 1.70 bits per heavy atom. The molecular weight excluding hydrogens is 150 g/mol. The van der Waals surface area contributed by atoms with E-state index in [9.17, 15) is 0 Å². The summed E-state index contributed by atoms with van der Waals surface area (Å²) in [5.41, 5.74) is 0. The molecule has 0 unspecified atom stereocenters. The van der Waals surface area contributed by atoms with Gasteiger partial charge in [-0.15, -0.1) is 11.6 Å². The van der Waals surface area contributed by atoms with E-state index in [1.54, 1.807) is 6.20 Å². The van der Waals surface area contributed by atoms with Crippen molar-refractivity contribution >= 4 is 11.6 Å². The number of nitrogens with zero attached hydrogens (tertiary/aromatic N) is 1. The minimum absolute atomic E-state index is 0.382. The number of halogens is 1. The quantitative estimate of drug-likeness (QED) is 0.616. The Hall–Kier alpha value is -0.500. The van der Waals surface area contributed by atoms with E-state index in [0.717, 1.165) is 5.76 Å². The Morgan fingerprint density at radius 2 is 2.50 bits per heavy atom. The highest BCUT2D eigenvalue weighted by Gasteiger charge is 2.27. The van der Waals surface area contributed by atoms with Gasteiger partial charge in [-0.3, -0.25) is 0 Å². The molecule has 0 N–H and O–H groups in total. The molecule has 1 saturated carbocycles. The van der Waals surface area contributed by atoms with Gasteiger partial charge < -0.3 is 4.42 Å². The van der Waals surface area contributed by atoms with Crippen LogP contribution in [0.2, 0.25) is 0 Å². The Balaban J connectivity index is 2.19. The van der Waals surface area contributed by atoms with Crippen LogP contribution < -0.4 is 0 Å². The average molecular weight is 158 g/mol. The van der Waals surface area contributed by atoms with Crippen LogP contribution >= 0.6 is 11.6 Å². The Bertz CT molecular complexity index is 229. The van der Waals surface area contributed by atoms with Crippen LogP contribution in [0.4, 0.5) is 0 Å². The lowest BCUT2D eigenvalue weighted by Crippen LogP contribution is -1.71. The van der Waals surface area contributed by atoms with E-state index in [1.807, 2.05) is 0 Å². The van der Waals surface area contributed by atoms with Crippen LogP contribution in [0.25, 0.3) is 0 Å². The summed E-state index contributed by atoms with van der Waals surface area (Å²) in [6, 6.07) is 0. The molecule has 1 aliphatic rings. The summed E-state index contributed by atoms with van der Waals surface area (Å²) < 4.78 is 5.31. The molecule has 0 bridgehead atoms. The van der Waals surface area contributed by atoms with Gasteiger partial charge >= 0.3 is 0 Å². The van der Waals surface area contributed by atoms with Gasteiger partial charge in [0.2, 0.25) is 5.89 Å². The first-order valence-electron chi connectivity index (χ1n) is 3.40. The van der Waals surface area contributed by atoms with E-state index in [0.29, 0.717) is 17.7 Å². The lowest BCUT2D eigenvalue weighted by molar-refractivity contribution is 0.472. The van der Waals surface area contributed by atoms with Crippen LogP contribution in [-0.4, -0.2) is 4.98 Å². The lowest BCUT2D eigenvalue weighted by atomic mass is 10.3. The van der Waals surface area contributed by atoms with Crippen LogP contribution in [0.5, 0.6) is 0 Å². The molecule has 1 aromatic rings. The van der Waals surface area contributed by atoms with Gasteiger partial charge in [0.05, 0.1) is 12.1 Å². The molecule has 1 aliphatic carbocycles. The molecule has 10 heavy (non-hydrogen) atoms. The summed E-state index contributed by atoms with van der Waals surface area (Å²) in [5, 5.41) is 0. The Morgan fingerprint density at radius 3 is 3.00 bits per heavy atom. The number of hydrogen-bond acceptors (Lipinski definition) is 2. The van der Waals surface area contributed by atoms with Crippen LogP contribution in [0, 0.1) is 0 Å². The molecule has 2 nitrogen and oxygen atoms in total. The summed E-state index contributed by atoms with van der Waals surface area (Å²) in [6.45, 7) is 0. The number of oxazole rings is 1. The van der Waals surface area contributed by atoms with Crippen molar-refractivity contribution < 1.29 is 4.42 Å².